The van der Waals surface area contributed by atoms with E-state index in [9.17, 15) is 4.79 Å². The zero-order chi connectivity index (χ0) is 16.6. The predicted octanol–water partition coefficient (Wildman–Crippen LogP) is 5.13. The maximum Gasteiger partial charge on any atom is 0.338 e. The Morgan fingerprint density at radius 2 is 1.22 bits per heavy atom. The van der Waals surface area contributed by atoms with Gasteiger partial charge < -0.3 is 9.84 Å². The van der Waals surface area contributed by atoms with Gasteiger partial charge in [0.25, 0.3) is 0 Å². The van der Waals surface area contributed by atoms with E-state index in [1.165, 1.54) is 44.9 Å². The quantitative estimate of drug-likeness (QED) is 0.382. The number of hydrogen-bond donors (Lipinski definition) is 1. The Morgan fingerprint density at radius 3 is 1.74 bits per heavy atom. The molecule has 0 amide bonds. The molecule has 3 heteroatoms. The molecule has 0 aliphatic rings. The molecule has 0 radical (unpaired) electrons. The van der Waals surface area contributed by atoms with Crippen LogP contribution in [0.2, 0.25) is 0 Å². The van der Waals surface area contributed by atoms with Gasteiger partial charge in [0.05, 0.1) is 12.2 Å². The van der Waals surface area contributed by atoms with Gasteiger partial charge in [-0.3, -0.25) is 0 Å². The number of carbonyl (C=O) groups is 1. The Kier molecular flexibility index (Phi) is 12.2. The first-order valence-electron chi connectivity index (χ1n) is 9.17. The number of rotatable bonds is 14. The molecular weight excluding hydrogens is 288 g/mol. The molecule has 0 aromatic heterocycles. The van der Waals surface area contributed by atoms with Crippen molar-refractivity contribution in [1.82, 2.24) is 0 Å². The molecule has 3 nitrogen and oxygen atoms in total. The van der Waals surface area contributed by atoms with E-state index in [4.69, 9.17) is 9.84 Å². The van der Waals surface area contributed by atoms with Crippen LogP contribution in [0.4, 0.5) is 0 Å². The molecule has 0 fully saturated rings. The van der Waals surface area contributed by atoms with Gasteiger partial charge >= 0.3 is 5.97 Å². The second-order valence-corrected chi connectivity index (χ2v) is 6.11. The number of carbonyl (C=O) groups excluding carboxylic acids is 1. The Balaban J connectivity index is 1.82. The van der Waals surface area contributed by atoms with Gasteiger partial charge in [0.1, 0.15) is 0 Å². The molecule has 0 unspecified atom stereocenters. The summed E-state index contributed by atoms with van der Waals surface area (Å²) < 4.78 is 5.26. The van der Waals surface area contributed by atoms with Crippen molar-refractivity contribution < 1.29 is 14.6 Å². The molecule has 0 aliphatic carbocycles. The first kappa shape index (κ1) is 19.7. The molecule has 0 saturated heterocycles. The maximum absolute atomic E-state index is 11.7. The third-order valence-electron chi connectivity index (χ3n) is 4.05. The highest BCUT2D eigenvalue weighted by Crippen LogP contribution is 2.11. The summed E-state index contributed by atoms with van der Waals surface area (Å²) in [6, 6.07) is 9.16. The topological polar surface area (TPSA) is 46.5 Å². The van der Waals surface area contributed by atoms with Crippen molar-refractivity contribution in [3.05, 3.63) is 35.9 Å². The fraction of sp³-hybridized carbons (Fsp3) is 0.650. The summed E-state index contributed by atoms with van der Waals surface area (Å²) in [4.78, 5) is 11.7. The van der Waals surface area contributed by atoms with Gasteiger partial charge in [0.15, 0.2) is 0 Å². The average molecular weight is 320 g/mol. The minimum Gasteiger partial charge on any atom is -0.462 e. The predicted molar refractivity (Wildman–Crippen MR) is 94.6 cm³/mol. The number of unbranched alkanes of at least 4 members (excludes halogenated alkanes) is 10. The lowest BCUT2D eigenvalue weighted by Gasteiger charge is -2.05. The lowest BCUT2D eigenvalue weighted by Crippen LogP contribution is -2.06. The van der Waals surface area contributed by atoms with E-state index in [1.54, 1.807) is 12.1 Å². The normalized spacial score (nSPS) is 10.7. The van der Waals surface area contributed by atoms with Gasteiger partial charge in [0, 0.05) is 6.61 Å². The van der Waals surface area contributed by atoms with Crippen molar-refractivity contribution in [2.45, 2.75) is 70.6 Å². The van der Waals surface area contributed by atoms with Crippen LogP contribution < -0.4 is 0 Å². The highest BCUT2D eigenvalue weighted by atomic mass is 16.5. The summed E-state index contributed by atoms with van der Waals surface area (Å²) >= 11 is 0. The fourth-order valence-electron chi connectivity index (χ4n) is 2.63. The molecule has 130 valence electrons. The molecule has 1 rings (SSSR count). The Hall–Kier alpha value is -1.35. The van der Waals surface area contributed by atoms with Crippen molar-refractivity contribution in [3.63, 3.8) is 0 Å². The number of ether oxygens (including phenoxy) is 1. The number of aliphatic hydroxyl groups excluding tert-OH is 1. The van der Waals surface area contributed by atoms with Gasteiger partial charge in [-0.2, -0.15) is 0 Å². The van der Waals surface area contributed by atoms with Crippen LogP contribution in [0, 0.1) is 0 Å². The van der Waals surface area contributed by atoms with Gasteiger partial charge in [0.2, 0.25) is 0 Å². The smallest absolute Gasteiger partial charge is 0.338 e. The summed E-state index contributed by atoms with van der Waals surface area (Å²) in [7, 11) is 0. The van der Waals surface area contributed by atoms with Gasteiger partial charge in [-0.05, 0) is 25.0 Å². The van der Waals surface area contributed by atoms with Crippen LogP contribution in [0.25, 0.3) is 0 Å². The Bertz CT molecular complexity index is 389. The molecule has 1 N–H and O–H groups in total. The number of benzene rings is 1. The van der Waals surface area contributed by atoms with E-state index in [-0.39, 0.29) is 5.97 Å². The van der Waals surface area contributed by atoms with Crippen molar-refractivity contribution in [3.8, 4) is 0 Å². The first-order chi connectivity index (χ1) is 11.3. The van der Waals surface area contributed by atoms with Crippen LogP contribution in [0.5, 0.6) is 0 Å². The molecular formula is C20H32O3. The molecule has 0 bridgehead atoms. The largest absolute Gasteiger partial charge is 0.462 e. The summed E-state index contributed by atoms with van der Waals surface area (Å²) in [5.41, 5.74) is 0.631. The standard InChI is InChI=1S/C20H32O3/c21-17-13-8-6-4-2-1-3-5-7-9-14-18-23-20(22)19-15-11-10-12-16-19/h10-12,15-16,21H,1-9,13-14,17-18H2. The maximum atomic E-state index is 11.7. The zero-order valence-electron chi connectivity index (χ0n) is 14.3. The molecule has 0 saturated carbocycles. The number of hydrogen-bond acceptors (Lipinski definition) is 3. The van der Waals surface area contributed by atoms with Crippen LogP contribution >= 0.6 is 0 Å². The lowest BCUT2D eigenvalue weighted by atomic mass is 10.1. The SMILES string of the molecule is O=C(OCCCCCCCCCCCCCO)c1ccccc1. The summed E-state index contributed by atoms with van der Waals surface area (Å²) in [6.07, 6.45) is 13.2. The highest BCUT2D eigenvalue weighted by molar-refractivity contribution is 5.89. The highest BCUT2D eigenvalue weighted by Gasteiger charge is 2.04. The Morgan fingerprint density at radius 1 is 0.739 bits per heavy atom. The Labute approximate surface area is 141 Å². The van der Waals surface area contributed by atoms with E-state index in [0.29, 0.717) is 18.8 Å². The third kappa shape index (κ3) is 10.9. The molecule has 0 heterocycles. The van der Waals surface area contributed by atoms with Crippen molar-refractivity contribution in [2.24, 2.45) is 0 Å². The fourth-order valence-corrected chi connectivity index (χ4v) is 2.63. The lowest BCUT2D eigenvalue weighted by molar-refractivity contribution is 0.0497. The van der Waals surface area contributed by atoms with Crippen LogP contribution in [0.3, 0.4) is 0 Å². The summed E-state index contributed by atoms with van der Waals surface area (Å²) in [5, 5.41) is 8.69. The number of esters is 1. The summed E-state index contributed by atoms with van der Waals surface area (Å²) in [6.45, 7) is 0.860. The van der Waals surface area contributed by atoms with Crippen molar-refractivity contribution in [2.75, 3.05) is 13.2 Å². The van der Waals surface area contributed by atoms with Gasteiger partial charge in [-0.15, -0.1) is 0 Å². The first-order valence-corrected chi connectivity index (χ1v) is 9.17. The third-order valence-corrected chi connectivity index (χ3v) is 4.05. The summed E-state index contributed by atoms with van der Waals surface area (Å²) in [5.74, 6) is -0.216. The molecule has 0 spiro atoms. The minimum absolute atomic E-state index is 0.216. The monoisotopic (exact) mass is 320 g/mol. The van der Waals surface area contributed by atoms with Crippen LogP contribution in [0.15, 0.2) is 30.3 Å². The van der Waals surface area contributed by atoms with E-state index in [2.05, 4.69) is 0 Å². The molecule has 0 aliphatic heterocycles. The van der Waals surface area contributed by atoms with Crippen molar-refractivity contribution in [1.29, 1.82) is 0 Å². The molecule has 0 atom stereocenters. The van der Waals surface area contributed by atoms with Crippen molar-refractivity contribution >= 4 is 5.97 Å². The van der Waals surface area contributed by atoms with E-state index in [1.807, 2.05) is 18.2 Å². The zero-order valence-corrected chi connectivity index (χ0v) is 14.3. The van der Waals surface area contributed by atoms with Gasteiger partial charge in [-0.1, -0.05) is 76.0 Å². The van der Waals surface area contributed by atoms with E-state index >= 15 is 0 Å². The van der Waals surface area contributed by atoms with Crippen LogP contribution in [-0.4, -0.2) is 24.3 Å². The molecule has 23 heavy (non-hydrogen) atoms. The number of aliphatic hydroxyl groups is 1. The minimum atomic E-state index is -0.216. The van der Waals surface area contributed by atoms with Crippen LogP contribution in [-0.2, 0) is 4.74 Å². The molecule has 1 aromatic carbocycles. The second-order valence-electron chi connectivity index (χ2n) is 6.11. The average Bonchev–Trinajstić information content (AvgIpc) is 2.59. The van der Waals surface area contributed by atoms with E-state index in [0.717, 1.165) is 25.7 Å². The van der Waals surface area contributed by atoms with E-state index < -0.39 is 0 Å². The van der Waals surface area contributed by atoms with Gasteiger partial charge in [-0.25, -0.2) is 4.79 Å². The van der Waals surface area contributed by atoms with Crippen LogP contribution in [0.1, 0.15) is 81.0 Å². The second kappa shape index (κ2) is 14.3. The molecule has 1 aromatic rings.